The normalized spacial score (nSPS) is 16.0. The van der Waals surface area contributed by atoms with E-state index in [1.807, 2.05) is 23.1 Å². The predicted molar refractivity (Wildman–Crippen MR) is 106 cm³/mol. The molecule has 6 nitrogen and oxygen atoms in total. The van der Waals surface area contributed by atoms with Crippen LogP contribution in [-0.4, -0.2) is 55.2 Å². The minimum absolute atomic E-state index is 0.00297. The molecule has 2 amide bonds. The first-order valence-corrected chi connectivity index (χ1v) is 9.71. The van der Waals surface area contributed by atoms with Crippen LogP contribution in [0.15, 0.2) is 36.5 Å². The summed E-state index contributed by atoms with van der Waals surface area (Å²) in [6.45, 7) is 4.32. The quantitative estimate of drug-likeness (QED) is 0.877. The Morgan fingerprint density at radius 3 is 2.81 bits per heavy atom. The number of carbonyl (C=O) groups excluding carboxylic acids is 1. The highest BCUT2D eigenvalue weighted by atomic mass is 35.5. The van der Waals surface area contributed by atoms with Gasteiger partial charge < -0.3 is 19.9 Å². The van der Waals surface area contributed by atoms with Gasteiger partial charge in [0, 0.05) is 45.3 Å². The average Bonchev–Trinajstić information content (AvgIpc) is 3.16. The second-order valence-electron chi connectivity index (χ2n) is 6.83. The van der Waals surface area contributed by atoms with Gasteiger partial charge in [0.05, 0.1) is 11.6 Å². The maximum Gasteiger partial charge on any atom is 0.317 e. The highest BCUT2D eigenvalue weighted by Gasteiger charge is 2.21. The summed E-state index contributed by atoms with van der Waals surface area (Å²) in [4.78, 5) is 20.8. The number of hydrogen-bond donors (Lipinski definition) is 1. The van der Waals surface area contributed by atoms with Crippen molar-refractivity contribution in [2.45, 2.75) is 12.8 Å². The maximum absolute atomic E-state index is 12.4. The Labute approximate surface area is 164 Å². The van der Waals surface area contributed by atoms with Gasteiger partial charge in [-0.15, -0.1) is 0 Å². The molecule has 0 unspecified atom stereocenters. The first kappa shape index (κ1) is 17.9. The number of ether oxygens (including phenoxy) is 1. The van der Waals surface area contributed by atoms with Crippen molar-refractivity contribution in [1.82, 2.24) is 15.2 Å². The molecule has 0 radical (unpaired) electrons. The number of amides is 2. The van der Waals surface area contributed by atoms with E-state index in [1.165, 1.54) is 11.1 Å². The second-order valence-corrected chi connectivity index (χ2v) is 7.27. The van der Waals surface area contributed by atoms with Crippen LogP contribution in [0.5, 0.6) is 5.75 Å². The molecule has 1 saturated heterocycles. The zero-order valence-corrected chi connectivity index (χ0v) is 15.9. The van der Waals surface area contributed by atoms with Crippen LogP contribution in [0.25, 0.3) is 0 Å². The van der Waals surface area contributed by atoms with Gasteiger partial charge in [0.2, 0.25) is 0 Å². The van der Waals surface area contributed by atoms with E-state index in [1.54, 1.807) is 6.20 Å². The Balaban J connectivity index is 1.22. The standard InChI is InChI=1S/C20H23ClN4O2/c21-17-2-4-19(23-14-17)24-8-10-25(11-9-24)20(26)22-7-5-15-1-3-18-16(13-15)6-12-27-18/h1-4,13-14H,5-12H2,(H,22,26). The third-order valence-electron chi connectivity index (χ3n) is 5.05. The van der Waals surface area contributed by atoms with E-state index in [0.29, 0.717) is 24.7 Å². The summed E-state index contributed by atoms with van der Waals surface area (Å²) in [7, 11) is 0. The number of hydrogen-bond acceptors (Lipinski definition) is 4. The van der Waals surface area contributed by atoms with Gasteiger partial charge in [-0.1, -0.05) is 23.7 Å². The summed E-state index contributed by atoms with van der Waals surface area (Å²) < 4.78 is 5.53. The Bertz CT molecular complexity index is 804. The number of benzene rings is 1. The van der Waals surface area contributed by atoms with Gasteiger partial charge in [-0.05, 0) is 35.7 Å². The fraction of sp³-hybridized carbons (Fsp3) is 0.400. The zero-order chi connectivity index (χ0) is 18.6. The van der Waals surface area contributed by atoms with Gasteiger partial charge in [0.25, 0.3) is 0 Å². The van der Waals surface area contributed by atoms with Crippen LogP contribution in [-0.2, 0) is 12.8 Å². The van der Waals surface area contributed by atoms with Gasteiger partial charge >= 0.3 is 6.03 Å². The van der Waals surface area contributed by atoms with E-state index in [-0.39, 0.29) is 6.03 Å². The van der Waals surface area contributed by atoms with Crippen molar-refractivity contribution in [1.29, 1.82) is 0 Å². The van der Waals surface area contributed by atoms with Crippen molar-refractivity contribution in [2.24, 2.45) is 0 Å². The topological polar surface area (TPSA) is 57.7 Å². The number of piperazine rings is 1. The van der Waals surface area contributed by atoms with Crippen molar-refractivity contribution >= 4 is 23.4 Å². The van der Waals surface area contributed by atoms with E-state index >= 15 is 0 Å². The Hall–Kier alpha value is -2.47. The molecule has 2 aliphatic rings. The zero-order valence-electron chi connectivity index (χ0n) is 15.2. The maximum atomic E-state index is 12.4. The van der Waals surface area contributed by atoms with Crippen LogP contribution in [0, 0.1) is 0 Å². The molecule has 142 valence electrons. The molecule has 0 bridgehead atoms. The van der Waals surface area contributed by atoms with E-state index in [9.17, 15) is 4.79 Å². The van der Waals surface area contributed by atoms with E-state index in [0.717, 1.165) is 44.1 Å². The number of halogens is 1. The molecule has 1 aromatic heterocycles. The molecule has 0 saturated carbocycles. The van der Waals surface area contributed by atoms with E-state index in [2.05, 4.69) is 27.3 Å². The molecule has 0 aliphatic carbocycles. The molecule has 3 heterocycles. The monoisotopic (exact) mass is 386 g/mol. The molecule has 1 fully saturated rings. The number of aromatic nitrogens is 1. The fourth-order valence-corrected chi connectivity index (χ4v) is 3.63. The molecule has 1 aromatic carbocycles. The molecule has 7 heteroatoms. The van der Waals surface area contributed by atoms with Crippen LogP contribution in [0.4, 0.5) is 10.6 Å². The smallest absolute Gasteiger partial charge is 0.317 e. The molecular weight excluding hydrogens is 364 g/mol. The number of carbonyl (C=O) groups is 1. The van der Waals surface area contributed by atoms with Gasteiger partial charge in [-0.2, -0.15) is 0 Å². The van der Waals surface area contributed by atoms with Crippen LogP contribution < -0.4 is 15.0 Å². The lowest BCUT2D eigenvalue weighted by Crippen LogP contribution is -2.52. The molecule has 1 N–H and O–H groups in total. The van der Waals surface area contributed by atoms with Gasteiger partial charge in [-0.3, -0.25) is 0 Å². The van der Waals surface area contributed by atoms with Crippen molar-refractivity contribution in [3.8, 4) is 5.75 Å². The van der Waals surface area contributed by atoms with E-state index < -0.39 is 0 Å². The van der Waals surface area contributed by atoms with E-state index in [4.69, 9.17) is 16.3 Å². The first-order valence-electron chi connectivity index (χ1n) is 9.33. The number of nitrogens with zero attached hydrogens (tertiary/aromatic N) is 3. The average molecular weight is 387 g/mol. The molecular formula is C20H23ClN4O2. The highest BCUT2D eigenvalue weighted by molar-refractivity contribution is 6.30. The molecule has 27 heavy (non-hydrogen) atoms. The lowest BCUT2D eigenvalue weighted by molar-refractivity contribution is 0.194. The number of pyridine rings is 1. The van der Waals surface area contributed by atoms with Crippen molar-refractivity contribution in [3.05, 3.63) is 52.7 Å². The lowest BCUT2D eigenvalue weighted by Gasteiger charge is -2.35. The van der Waals surface area contributed by atoms with Gasteiger partial charge in [0.1, 0.15) is 11.6 Å². The number of rotatable bonds is 4. The van der Waals surface area contributed by atoms with Crippen molar-refractivity contribution < 1.29 is 9.53 Å². The Morgan fingerprint density at radius 1 is 1.19 bits per heavy atom. The number of anilines is 1. The van der Waals surface area contributed by atoms with Crippen LogP contribution in [0.3, 0.4) is 0 Å². The number of fused-ring (bicyclic) bond motifs is 1. The predicted octanol–water partition coefficient (Wildman–Crippen LogP) is 2.74. The summed E-state index contributed by atoms with van der Waals surface area (Å²) in [6, 6.07) is 10.1. The summed E-state index contributed by atoms with van der Waals surface area (Å²) in [5, 5.41) is 3.67. The van der Waals surface area contributed by atoms with Gasteiger partial charge in [-0.25, -0.2) is 9.78 Å². The molecule has 2 aromatic rings. The molecule has 4 rings (SSSR count). The third kappa shape index (κ3) is 4.27. The van der Waals surface area contributed by atoms with Crippen LogP contribution in [0.1, 0.15) is 11.1 Å². The summed E-state index contributed by atoms with van der Waals surface area (Å²) in [5.74, 6) is 1.90. The highest BCUT2D eigenvalue weighted by Crippen LogP contribution is 2.25. The first-order chi connectivity index (χ1) is 13.2. The van der Waals surface area contributed by atoms with Gasteiger partial charge in [0.15, 0.2) is 0 Å². The molecule has 2 aliphatic heterocycles. The largest absolute Gasteiger partial charge is 0.493 e. The minimum atomic E-state index is 0.00297. The summed E-state index contributed by atoms with van der Waals surface area (Å²) in [5.41, 5.74) is 2.50. The Morgan fingerprint density at radius 2 is 2.04 bits per heavy atom. The third-order valence-corrected chi connectivity index (χ3v) is 5.27. The lowest BCUT2D eigenvalue weighted by atomic mass is 10.1. The summed E-state index contributed by atoms with van der Waals surface area (Å²) >= 11 is 5.89. The SMILES string of the molecule is O=C(NCCc1ccc2c(c1)CCO2)N1CCN(c2ccc(Cl)cn2)CC1. The second kappa shape index (κ2) is 8.05. The van der Waals surface area contributed by atoms with Crippen molar-refractivity contribution in [2.75, 3.05) is 44.2 Å². The number of nitrogens with one attached hydrogen (secondary N) is 1. The fourth-order valence-electron chi connectivity index (χ4n) is 3.51. The molecule has 0 spiro atoms. The Kier molecular flexibility index (Phi) is 5.34. The molecule has 0 atom stereocenters. The van der Waals surface area contributed by atoms with Crippen molar-refractivity contribution in [3.63, 3.8) is 0 Å². The number of urea groups is 1. The van der Waals surface area contributed by atoms with Crippen LogP contribution in [0.2, 0.25) is 5.02 Å². The minimum Gasteiger partial charge on any atom is -0.493 e. The van der Waals surface area contributed by atoms with Crippen LogP contribution >= 0.6 is 11.6 Å². The summed E-state index contributed by atoms with van der Waals surface area (Å²) in [6.07, 6.45) is 3.46.